The molecule has 0 spiro atoms. The summed E-state index contributed by atoms with van der Waals surface area (Å²) in [7, 11) is 0. The Morgan fingerprint density at radius 3 is 3.29 bits per heavy atom. The number of nitrogens with one attached hydrogen (secondary N) is 1. The average molecular weight is 230 g/mol. The molecule has 0 saturated carbocycles. The van der Waals surface area contributed by atoms with Gasteiger partial charge in [-0.1, -0.05) is 13.0 Å². The summed E-state index contributed by atoms with van der Waals surface area (Å²) in [5.41, 5.74) is 4.20. The predicted octanol–water partition coefficient (Wildman–Crippen LogP) is 2.04. The Kier molecular flexibility index (Phi) is 5.94. The molecule has 0 aliphatic carbocycles. The SMILES string of the molecule is C=CC(C)C(=O)CNCCC1=C=CC=NC=C1. The Bertz CT molecular complexity index is 398. The third kappa shape index (κ3) is 5.25. The fraction of sp³-hybridized carbons (Fsp3) is 0.357. The van der Waals surface area contributed by atoms with Gasteiger partial charge in [0, 0.05) is 24.9 Å². The zero-order valence-electron chi connectivity index (χ0n) is 10.1. The molecule has 0 bridgehead atoms. The van der Waals surface area contributed by atoms with Gasteiger partial charge in [-0.3, -0.25) is 9.79 Å². The van der Waals surface area contributed by atoms with Crippen molar-refractivity contribution in [1.29, 1.82) is 0 Å². The van der Waals surface area contributed by atoms with Crippen LogP contribution in [-0.4, -0.2) is 25.1 Å². The number of nitrogens with zero attached hydrogens (tertiary/aromatic N) is 1. The van der Waals surface area contributed by atoms with Crippen LogP contribution in [0.1, 0.15) is 13.3 Å². The lowest BCUT2D eigenvalue weighted by Gasteiger charge is -2.06. The maximum Gasteiger partial charge on any atom is 0.153 e. The van der Waals surface area contributed by atoms with Crippen LogP contribution in [0.2, 0.25) is 0 Å². The van der Waals surface area contributed by atoms with Crippen LogP contribution < -0.4 is 5.32 Å². The second kappa shape index (κ2) is 7.55. The van der Waals surface area contributed by atoms with E-state index in [1.54, 1.807) is 24.6 Å². The molecule has 0 fully saturated rings. The molecule has 1 rings (SSSR count). The van der Waals surface area contributed by atoms with Gasteiger partial charge in [-0.25, -0.2) is 0 Å². The van der Waals surface area contributed by atoms with Crippen molar-refractivity contribution >= 4 is 12.0 Å². The topological polar surface area (TPSA) is 41.5 Å². The van der Waals surface area contributed by atoms with Crippen LogP contribution in [0, 0.1) is 5.92 Å². The summed E-state index contributed by atoms with van der Waals surface area (Å²) in [6, 6.07) is 0. The largest absolute Gasteiger partial charge is 0.310 e. The minimum absolute atomic E-state index is 0.0761. The van der Waals surface area contributed by atoms with Gasteiger partial charge >= 0.3 is 0 Å². The van der Waals surface area contributed by atoms with E-state index >= 15 is 0 Å². The highest BCUT2D eigenvalue weighted by atomic mass is 16.1. The molecular weight excluding hydrogens is 212 g/mol. The maximum atomic E-state index is 11.5. The monoisotopic (exact) mass is 230 g/mol. The molecule has 1 aliphatic rings. The molecule has 1 atom stereocenters. The van der Waals surface area contributed by atoms with Crippen LogP contribution in [0.4, 0.5) is 0 Å². The molecule has 1 aliphatic heterocycles. The molecule has 1 heterocycles. The summed E-state index contributed by atoms with van der Waals surface area (Å²) in [4.78, 5) is 15.5. The lowest BCUT2D eigenvalue weighted by Crippen LogP contribution is -2.27. The third-order valence-corrected chi connectivity index (χ3v) is 2.52. The molecule has 0 aromatic carbocycles. The highest BCUT2D eigenvalue weighted by molar-refractivity contribution is 5.84. The van der Waals surface area contributed by atoms with Crippen LogP contribution in [0.25, 0.3) is 0 Å². The maximum absolute atomic E-state index is 11.5. The van der Waals surface area contributed by atoms with E-state index in [1.165, 1.54) is 0 Å². The van der Waals surface area contributed by atoms with Crippen LogP contribution in [0.5, 0.6) is 0 Å². The standard InChI is InChI=1S/C14H18N2O/c1-3-12(2)14(17)11-16-10-7-13-5-4-8-15-9-6-13/h3-4,6,8-9,12,16H,1,7,10-11H2,2H3. The van der Waals surface area contributed by atoms with E-state index in [-0.39, 0.29) is 11.7 Å². The first-order chi connectivity index (χ1) is 8.24. The summed E-state index contributed by atoms with van der Waals surface area (Å²) in [5, 5.41) is 3.12. The molecule has 0 aromatic heterocycles. The second-order valence-electron chi connectivity index (χ2n) is 3.87. The van der Waals surface area contributed by atoms with Crippen molar-refractivity contribution < 1.29 is 4.79 Å². The molecule has 17 heavy (non-hydrogen) atoms. The zero-order chi connectivity index (χ0) is 12.5. The first kappa shape index (κ1) is 13.4. The molecule has 0 aromatic rings. The molecule has 90 valence electrons. The van der Waals surface area contributed by atoms with E-state index in [4.69, 9.17) is 0 Å². The predicted molar refractivity (Wildman–Crippen MR) is 71.1 cm³/mol. The van der Waals surface area contributed by atoms with Crippen molar-refractivity contribution in [2.45, 2.75) is 13.3 Å². The van der Waals surface area contributed by atoms with Crippen LogP contribution >= 0.6 is 0 Å². The Morgan fingerprint density at radius 2 is 2.53 bits per heavy atom. The van der Waals surface area contributed by atoms with E-state index < -0.39 is 0 Å². The highest BCUT2D eigenvalue weighted by Crippen LogP contribution is 2.02. The van der Waals surface area contributed by atoms with Crippen molar-refractivity contribution in [2.75, 3.05) is 13.1 Å². The molecule has 0 amide bonds. The van der Waals surface area contributed by atoms with Crippen molar-refractivity contribution in [3.05, 3.63) is 42.3 Å². The first-order valence-corrected chi connectivity index (χ1v) is 5.74. The van der Waals surface area contributed by atoms with E-state index in [9.17, 15) is 4.79 Å². The zero-order valence-corrected chi connectivity index (χ0v) is 10.1. The number of carbonyl (C=O) groups excluding carboxylic acids is 1. The number of rotatable bonds is 7. The quantitative estimate of drug-likeness (QED) is 0.413. The summed E-state index contributed by atoms with van der Waals surface area (Å²) >= 11 is 0. The smallest absolute Gasteiger partial charge is 0.153 e. The average Bonchev–Trinajstić information content (AvgIpc) is 2.61. The van der Waals surface area contributed by atoms with Crippen LogP contribution in [-0.2, 0) is 4.79 Å². The number of hydrogen-bond donors (Lipinski definition) is 1. The van der Waals surface area contributed by atoms with Crippen molar-refractivity contribution in [3.63, 3.8) is 0 Å². The van der Waals surface area contributed by atoms with Gasteiger partial charge in [0.25, 0.3) is 0 Å². The number of aliphatic imine (C=N–C) groups is 1. The number of Topliss-reactive ketones (excluding diaryl/α,β-unsaturated/α-hetero) is 1. The highest BCUT2D eigenvalue weighted by Gasteiger charge is 2.07. The lowest BCUT2D eigenvalue weighted by atomic mass is 10.1. The molecule has 1 unspecified atom stereocenters. The number of hydrogen-bond acceptors (Lipinski definition) is 3. The van der Waals surface area contributed by atoms with Gasteiger partial charge in [0.2, 0.25) is 0 Å². The molecule has 3 heteroatoms. The summed E-state index contributed by atoms with van der Waals surface area (Å²) < 4.78 is 0. The Balaban J connectivity index is 2.23. The van der Waals surface area contributed by atoms with E-state index in [1.807, 2.05) is 13.0 Å². The fourth-order valence-electron chi connectivity index (χ4n) is 1.30. The Labute approximate surface area is 102 Å². The van der Waals surface area contributed by atoms with Gasteiger partial charge in [0.1, 0.15) is 0 Å². The molecule has 3 nitrogen and oxygen atoms in total. The van der Waals surface area contributed by atoms with Crippen molar-refractivity contribution in [1.82, 2.24) is 5.32 Å². The van der Waals surface area contributed by atoms with Crippen LogP contribution in [0.15, 0.2) is 47.3 Å². The van der Waals surface area contributed by atoms with Gasteiger partial charge in [-0.2, -0.15) is 0 Å². The fourth-order valence-corrected chi connectivity index (χ4v) is 1.30. The minimum Gasteiger partial charge on any atom is -0.310 e. The molecule has 1 N–H and O–H groups in total. The molecule has 0 radical (unpaired) electrons. The van der Waals surface area contributed by atoms with E-state index in [0.717, 1.165) is 18.5 Å². The van der Waals surface area contributed by atoms with E-state index in [0.29, 0.717) is 6.54 Å². The van der Waals surface area contributed by atoms with Gasteiger partial charge in [0.05, 0.1) is 6.54 Å². The third-order valence-electron chi connectivity index (χ3n) is 2.52. The van der Waals surface area contributed by atoms with Gasteiger partial charge in [-0.15, -0.1) is 12.3 Å². The Morgan fingerprint density at radius 1 is 1.71 bits per heavy atom. The number of allylic oxidation sites excluding steroid dienone is 2. The lowest BCUT2D eigenvalue weighted by molar-refractivity contribution is -0.120. The normalized spacial score (nSPS) is 15.2. The van der Waals surface area contributed by atoms with E-state index in [2.05, 4.69) is 22.6 Å². The van der Waals surface area contributed by atoms with Crippen molar-refractivity contribution in [3.8, 4) is 0 Å². The van der Waals surface area contributed by atoms with Crippen molar-refractivity contribution in [2.24, 2.45) is 10.9 Å². The Hall–Kier alpha value is -1.70. The van der Waals surface area contributed by atoms with Gasteiger partial charge in [0.15, 0.2) is 5.78 Å². The minimum atomic E-state index is -0.0761. The molecular formula is C14H18N2O. The van der Waals surface area contributed by atoms with Crippen LogP contribution in [0.3, 0.4) is 0 Å². The first-order valence-electron chi connectivity index (χ1n) is 5.74. The van der Waals surface area contributed by atoms with Gasteiger partial charge < -0.3 is 5.32 Å². The molecule has 0 saturated heterocycles. The summed E-state index contributed by atoms with van der Waals surface area (Å²) in [5.74, 6) is 0.0945. The van der Waals surface area contributed by atoms with Gasteiger partial charge in [-0.05, 0) is 24.1 Å². The number of ketones is 1. The second-order valence-corrected chi connectivity index (χ2v) is 3.87. The number of carbonyl (C=O) groups is 1. The summed E-state index contributed by atoms with van der Waals surface area (Å²) in [6.07, 6.45) is 9.67. The summed E-state index contributed by atoms with van der Waals surface area (Å²) in [6.45, 7) is 6.61.